The number of hydrogen-bond acceptors (Lipinski definition) is 16. The zero-order chi connectivity index (χ0) is 58.1. The first-order valence-electron chi connectivity index (χ1n) is 31.3. The van der Waals surface area contributed by atoms with Gasteiger partial charge in [-0.15, -0.1) is 0 Å². The first kappa shape index (κ1) is 75.2. The molecule has 1 unspecified atom stereocenters. The molecular formula is C60H111N2O17P. The number of rotatable bonds is 63. The Bertz CT molecular complexity index is 1560. The van der Waals surface area contributed by atoms with Crippen molar-refractivity contribution in [1.82, 2.24) is 10.2 Å². The van der Waals surface area contributed by atoms with Crippen LogP contribution in [0, 0.1) is 0 Å². The van der Waals surface area contributed by atoms with Gasteiger partial charge in [-0.25, -0.2) is 4.57 Å². The molecule has 0 radical (unpaired) electrons. The lowest BCUT2D eigenvalue weighted by Gasteiger charge is -2.20. The number of nitrogens with zero attached hydrogens (tertiary/aromatic N) is 1. The summed E-state index contributed by atoms with van der Waals surface area (Å²) in [6, 6.07) is 0. The number of ether oxygens (including phenoxy) is 8. The Balaban J connectivity index is 2.21. The maximum absolute atomic E-state index is 12.9. The number of phosphoric acid groups is 1. The van der Waals surface area contributed by atoms with Gasteiger partial charge in [0.2, 0.25) is 5.91 Å². The number of carbonyl (C=O) groups is 5. The predicted molar refractivity (Wildman–Crippen MR) is 310 cm³/mol. The molecule has 20 heteroatoms. The fourth-order valence-corrected chi connectivity index (χ4v) is 9.48. The van der Waals surface area contributed by atoms with Crippen LogP contribution in [-0.4, -0.2) is 158 Å². The standard InChI is InChI=1S/C60H111N2O17P/c1-3-5-7-9-11-13-15-17-19-21-23-25-27-29-31-33-59(66)76-53-55(79-60(67)34-32-30-28-26-24-22-20-18-16-14-12-10-8-6-4-2)54-78-80(68,69)77-41-38-61-56(63)37-40-70-43-45-72-47-49-74-51-52-75-50-48-73-46-44-71-42-39-62-57(64)35-36-58(62)65/h35-36,55H,3-34,37-54H2,1-2H3,(H,61,63)(H,68,69)/t55-/m1/s1. The van der Waals surface area contributed by atoms with Gasteiger partial charge in [0.1, 0.15) is 6.61 Å². The Morgan fingerprint density at radius 1 is 0.450 bits per heavy atom. The molecule has 1 aliphatic rings. The number of imide groups is 1. The van der Waals surface area contributed by atoms with E-state index in [1.807, 2.05) is 0 Å². The van der Waals surface area contributed by atoms with Crippen LogP contribution in [0.15, 0.2) is 12.2 Å². The molecule has 0 fully saturated rings. The van der Waals surface area contributed by atoms with Crippen LogP contribution >= 0.6 is 7.82 Å². The molecule has 1 heterocycles. The second-order valence-corrected chi connectivity index (χ2v) is 22.2. The van der Waals surface area contributed by atoms with Gasteiger partial charge in [-0.3, -0.25) is 37.9 Å². The van der Waals surface area contributed by atoms with Crippen LogP contribution in [0.5, 0.6) is 0 Å². The third-order valence-corrected chi connectivity index (χ3v) is 14.5. The summed E-state index contributed by atoms with van der Waals surface area (Å²) < 4.78 is 66.7. The molecule has 0 bridgehead atoms. The SMILES string of the molecule is CCCCCCCCCCCCCCCCCC(=O)OC[C@H](COP(=O)(O)OCCNC(=O)CCOCCOCCOCCOCCOCCOCCN1C(=O)C=CC1=O)OC(=O)CCCCCCCCCCCCCCCCC. The van der Waals surface area contributed by atoms with Crippen molar-refractivity contribution in [3.63, 3.8) is 0 Å². The van der Waals surface area contributed by atoms with E-state index in [-0.39, 0.29) is 83.1 Å². The lowest BCUT2D eigenvalue weighted by molar-refractivity contribution is -0.161. The van der Waals surface area contributed by atoms with E-state index in [0.29, 0.717) is 72.3 Å². The monoisotopic (exact) mass is 1160 g/mol. The molecule has 2 N–H and O–H groups in total. The van der Waals surface area contributed by atoms with Crippen molar-refractivity contribution in [1.29, 1.82) is 0 Å². The number of hydrogen-bond donors (Lipinski definition) is 2. The van der Waals surface area contributed by atoms with Gasteiger partial charge in [0.25, 0.3) is 11.8 Å². The number of carbonyl (C=O) groups excluding carboxylic acids is 5. The summed E-state index contributed by atoms with van der Waals surface area (Å²) in [6.45, 7) is 7.50. The van der Waals surface area contributed by atoms with Crippen molar-refractivity contribution in [3.05, 3.63) is 12.2 Å². The fraction of sp³-hybridized carbons (Fsp3) is 0.883. The maximum Gasteiger partial charge on any atom is 0.472 e. The molecule has 1 rings (SSSR count). The molecule has 19 nitrogen and oxygen atoms in total. The Morgan fingerprint density at radius 3 is 1.20 bits per heavy atom. The topological polar surface area (TPSA) is 230 Å². The van der Waals surface area contributed by atoms with Gasteiger partial charge < -0.3 is 48.1 Å². The van der Waals surface area contributed by atoms with E-state index >= 15 is 0 Å². The molecule has 0 spiro atoms. The van der Waals surface area contributed by atoms with E-state index in [1.165, 1.54) is 153 Å². The summed E-state index contributed by atoms with van der Waals surface area (Å²) in [7, 11) is -4.62. The highest BCUT2D eigenvalue weighted by atomic mass is 31.2. The number of esters is 2. The van der Waals surface area contributed by atoms with Crippen LogP contribution in [0.2, 0.25) is 0 Å². The first-order chi connectivity index (χ1) is 39.1. The highest BCUT2D eigenvalue weighted by Gasteiger charge is 2.26. The largest absolute Gasteiger partial charge is 0.472 e. The summed E-state index contributed by atoms with van der Waals surface area (Å²) in [5.41, 5.74) is 0. The van der Waals surface area contributed by atoms with Gasteiger partial charge >= 0.3 is 19.8 Å². The average molecular weight is 1160 g/mol. The minimum Gasteiger partial charge on any atom is -0.462 e. The summed E-state index contributed by atoms with van der Waals surface area (Å²) in [5, 5.41) is 2.60. The fourth-order valence-electron chi connectivity index (χ4n) is 8.73. The molecular weight excluding hydrogens is 1050 g/mol. The van der Waals surface area contributed by atoms with Crippen molar-refractivity contribution >= 4 is 37.5 Å². The van der Waals surface area contributed by atoms with Gasteiger partial charge in [-0.2, -0.15) is 0 Å². The van der Waals surface area contributed by atoms with Crippen LogP contribution in [-0.2, 0) is 75.5 Å². The third-order valence-electron chi connectivity index (χ3n) is 13.5. The van der Waals surface area contributed by atoms with Crippen LogP contribution in [0.3, 0.4) is 0 Å². The number of amides is 3. The molecule has 0 saturated carbocycles. The normalized spacial score (nSPS) is 13.6. The summed E-state index contributed by atoms with van der Waals surface area (Å²) in [6.07, 6.45) is 38.3. The van der Waals surface area contributed by atoms with Crippen LogP contribution in [0.4, 0.5) is 0 Å². The minimum atomic E-state index is -4.62. The van der Waals surface area contributed by atoms with Crippen molar-refractivity contribution in [3.8, 4) is 0 Å². The minimum absolute atomic E-state index is 0.0587. The quantitative estimate of drug-likeness (QED) is 0.0249. The third kappa shape index (κ3) is 50.9. The second kappa shape index (κ2) is 56.6. The molecule has 0 aromatic heterocycles. The molecule has 0 saturated heterocycles. The lowest BCUT2D eigenvalue weighted by atomic mass is 10.0. The van der Waals surface area contributed by atoms with E-state index in [1.54, 1.807) is 0 Å². The lowest BCUT2D eigenvalue weighted by Crippen LogP contribution is -2.33. The highest BCUT2D eigenvalue weighted by molar-refractivity contribution is 7.47. The van der Waals surface area contributed by atoms with E-state index < -0.39 is 32.5 Å². The van der Waals surface area contributed by atoms with Gasteiger partial charge in [0.15, 0.2) is 6.10 Å². The zero-order valence-corrected chi connectivity index (χ0v) is 50.9. The van der Waals surface area contributed by atoms with Crippen molar-refractivity contribution in [2.75, 3.05) is 112 Å². The molecule has 80 heavy (non-hydrogen) atoms. The number of nitrogens with one attached hydrogen (secondary N) is 1. The van der Waals surface area contributed by atoms with E-state index in [9.17, 15) is 33.4 Å². The number of phosphoric ester groups is 1. The van der Waals surface area contributed by atoms with Gasteiger partial charge in [-0.1, -0.05) is 194 Å². The second-order valence-electron chi connectivity index (χ2n) is 20.7. The smallest absolute Gasteiger partial charge is 0.462 e. The Kier molecular flexibility index (Phi) is 53.2. The molecule has 0 aromatic carbocycles. The molecule has 468 valence electrons. The predicted octanol–water partition coefficient (Wildman–Crippen LogP) is 11.6. The van der Waals surface area contributed by atoms with Gasteiger partial charge in [-0.05, 0) is 12.8 Å². The first-order valence-corrected chi connectivity index (χ1v) is 32.8. The molecule has 0 aromatic rings. The van der Waals surface area contributed by atoms with Gasteiger partial charge in [0, 0.05) is 38.0 Å². The Hall–Kier alpha value is -2.84. The Labute approximate surface area is 482 Å². The van der Waals surface area contributed by atoms with Crippen molar-refractivity contribution < 1.29 is 80.4 Å². The van der Waals surface area contributed by atoms with Gasteiger partial charge in [0.05, 0.1) is 99.0 Å². The average Bonchev–Trinajstić information content (AvgIpc) is 3.77. The summed E-state index contributed by atoms with van der Waals surface area (Å²) in [5.74, 6) is -1.91. The summed E-state index contributed by atoms with van der Waals surface area (Å²) in [4.78, 5) is 72.3. The molecule has 3 amide bonds. The van der Waals surface area contributed by atoms with E-state index in [2.05, 4.69) is 19.2 Å². The van der Waals surface area contributed by atoms with Crippen LogP contribution in [0.25, 0.3) is 0 Å². The van der Waals surface area contributed by atoms with Crippen LogP contribution in [0.1, 0.15) is 226 Å². The number of unbranched alkanes of at least 4 members (excludes halogenated alkanes) is 28. The molecule has 1 aliphatic heterocycles. The van der Waals surface area contributed by atoms with E-state index in [4.69, 9.17) is 46.9 Å². The Morgan fingerprint density at radius 2 is 0.800 bits per heavy atom. The van der Waals surface area contributed by atoms with Crippen molar-refractivity contribution in [2.24, 2.45) is 0 Å². The maximum atomic E-state index is 12.9. The molecule has 0 aliphatic carbocycles. The zero-order valence-electron chi connectivity index (χ0n) is 50.0. The summed E-state index contributed by atoms with van der Waals surface area (Å²) >= 11 is 0. The van der Waals surface area contributed by atoms with Crippen LogP contribution < -0.4 is 5.32 Å². The highest BCUT2D eigenvalue weighted by Crippen LogP contribution is 2.43. The van der Waals surface area contributed by atoms with Crippen molar-refractivity contribution in [2.45, 2.75) is 232 Å². The van der Waals surface area contributed by atoms with E-state index in [0.717, 1.165) is 43.4 Å². The molecule has 2 atom stereocenters.